The highest BCUT2D eigenvalue weighted by molar-refractivity contribution is 5.94. The molecule has 2 N–H and O–H groups in total. The van der Waals surface area contributed by atoms with E-state index in [1.807, 2.05) is 18.3 Å². The Morgan fingerprint density at radius 2 is 1.65 bits per heavy atom. The number of anilines is 1. The molecule has 0 fully saturated rings. The van der Waals surface area contributed by atoms with E-state index in [4.69, 9.17) is 10.00 Å². The third-order valence-corrected chi connectivity index (χ3v) is 5.24. The molecule has 2 rings (SSSR count). The Labute approximate surface area is 201 Å². The number of nitro groups is 1. The molecule has 0 aliphatic carbocycles. The summed E-state index contributed by atoms with van der Waals surface area (Å²) in [5, 5.41) is 25.1. The number of hydrogen-bond donors (Lipinski definition) is 2. The molecular weight excluding hydrogens is 432 g/mol. The number of aliphatic imine (C=N–C) groups is 1. The van der Waals surface area contributed by atoms with Gasteiger partial charge in [0.1, 0.15) is 5.75 Å². The molecule has 2 aromatic rings. The van der Waals surface area contributed by atoms with Crippen LogP contribution in [0.2, 0.25) is 0 Å². The van der Waals surface area contributed by atoms with Gasteiger partial charge in [0.2, 0.25) is 5.96 Å². The van der Waals surface area contributed by atoms with Crippen molar-refractivity contribution in [3.05, 3.63) is 58.9 Å². The second-order valence-corrected chi connectivity index (χ2v) is 7.97. The SMILES string of the molecule is N#CNC(=NCCCCCCCCCCCCOc1ccc([N+](=O)[O-])cc1)Nc1cccnc1. The summed E-state index contributed by atoms with van der Waals surface area (Å²) in [5.41, 5.74) is 0.873. The average molecular weight is 467 g/mol. The smallest absolute Gasteiger partial charge is 0.269 e. The number of ether oxygens (including phenoxy) is 1. The fourth-order valence-corrected chi connectivity index (χ4v) is 3.41. The summed E-state index contributed by atoms with van der Waals surface area (Å²) in [6, 6.07) is 9.92. The van der Waals surface area contributed by atoms with E-state index in [1.165, 1.54) is 50.7 Å². The second-order valence-electron chi connectivity index (χ2n) is 7.97. The molecule has 1 aromatic heterocycles. The first-order valence-electron chi connectivity index (χ1n) is 11.9. The standard InChI is InChI=1S/C25H34N6O3/c26-21-29-25(30-22-12-11-17-27-20-22)28-18-9-7-5-3-1-2-4-6-8-10-19-34-24-15-13-23(14-16-24)31(32)33/h11-17,20H,1-10,18-19H2,(H2,28,29,30). The highest BCUT2D eigenvalue weighted by atomic mass is 16.6. The summed E-state index contributed by atoms with van der Waals surface area (Å²) in [5.74, 6) is 1.13. The lowest BCUT2D eigenvalue weighted by Crippen LogP contribution is -2.27. The number of aromatic nitrogens is 1. The van der Waals surface area contributed by atoms with Crippen molar-refractivity contribution in [2.24, 2.45) is 4.99 Å². The largest absolute Gasteiger partial charge is 0.494 e. The maximum absolute atomic E-state index is 10.6. The van der Waals surface area contributed by atoms with Crippen molar-refractivity contribution in [1.29, 1.82) is 5.26 Å². The van der Waals surface area contributed by atoms with Crippen LogP contribution in [0.25, 0.3) is 0 Å². The van der Waals surface area contributed by atoms with Gasteiger partial charge in [0.25, 0.3) is 5.69 Å². The van der Waals surface area contributed by atoms with Crippen molar-refractivity contribution in [3.63, 3.8) is 0 Å². The molecule has 0 saturated heterocycles. The van der Waals surface area contributed by atoms with Gasteiger partial charge in [-0.05, 0) is 37.1 Å². The van der Waals surface area contributed by atoms with Crippen LogP contribution < -0.4 is 15.4 Å². The number of non-ortho nitro benzene ring substituents is 1. The molecule has 0 unspecified atom stereocenters. The third-order valence-electron chi connectivity index (χ3n) is 5.24. The number of benzene rings is 1. The van der Waals surface area contributed by atoms with Crippen molar-refractivity contribution in [2.75, 3.05) is 18.5 Å². The van der Waals surface area contributed by atoms with Crippen molar-refractivity contribution in [1.82, 2.24) is 10.3 Å². The first kappa shape index (κ1) is 26.6. The Morgan fingerprint density at radius 1 is 1.00 bits per heavy atom. The number of pyridine rings is 1. The predicted octanol–water partition coefficient (Wildman–Crippen LogP) is 5.81. The monoisotopic (exact) mass is 466 g/mol. The Morgan fingerprint density at radius 3 is 2.24 bits per heavy atom. The minimum Gasteiger partial charge on any atom is -0.494 e. The molecule has 0 saturated carbocycles. The fraction of sp³-hybridized carbons (Fsp3) is 0.480. The van der Waals surface area contributed by atoms with Crippen LogP contribution in [0.4, 0.5) is 11.4 Å². The first-order chi connectivity index (χ1) is 16.7. The zero-order chi connectivity index (χ0) is 24.3. The lowest BCUT2D eigenvalue weighted by molar-refractivity contribution is -0.384. The summed E-state index contributed by atoms with van der Waals surface area (Å²) in [4.78, 5) is 18.7. The van der Waals surface area contributed by atoms with Crippen LogP contribution in [0, 0.1) is 21.6 Å². The number of rotatable bonds is 16. The Balaban J connectivity index is 1.40. The van der Waals surface area contributed by atoms with Gasteiger partial charge in [-0.25, -0.2) is 0 Å². The number of guanidine groups is 1. The van der Waals surface area contributed by atoms with E-state index in [2.05, 4.69) is 20.6 Å². The number of unbranched alkanes of at least 4 members (excludes halogenated alkanes) is 9. The van der Waals surface area contributed by atoms with Gasteiger partial charge in [0.15, 0.2) is 6.19 Å². The number of hydrogen-bond acceptors (Lipinski definition) is 6. The summed E-state index contributed by atoms with van der Waals surface area (Å²) in [6.07, 6.45) is 17.0. The van der Waals surface area contributed by atoms with Gasteiger partial charge >= 0.3 is 0 Å². The fourth-order valence-electron chi connectivity index (χ4n) is 3.41. The molecule has 0 amide bonds. The van der Waals surface area contributed by atoms with Gasteiger partial charge in [0.05, 0.1) is 23.4 Å². The normalized spacial score (nSPS) is 11.0. The molecule has 0 spiro atoms. The zero-order valence-electron chi connectivity index (χ0n) is 19.6. The molecule has 9 heteroatoms. The van der Waals surface area contributed by atoms with Gasteiger partial charge in [-0.1, -0.05) is 51.4 Å². The Kier molecular flexibility index (Phi) is 13.2. The van der Waals surface area contributed by atoms with E-state index in [0.717, 1.165) is 31.4 Å². The maximum Gasteiger partial charge on any atom is 0.269 e. The Hall–Kier alpha value is -3.67. The van der Waals surface area contributed by atoms with Crippen LogP contribution in [0.3, 0.4) is 0 Å². The molecule has 0 bridgehead atoms. The lowest BCUT2D eigenvalue weighted by atomic mass is 10.1. The van der Waals surface area contributed by atoms with Crippen LogP contribution in [0.1, 0.15) is 64.2 Å². The van der Waals surface area contributed by atoms with Crippen molar-refractivity contribution < 1.29 is 9.66 Å². The summed E-state index contributed by atoms with van der Waals surface area (Å²) < 4.78 is 5.63. The molecule has 182 valence electrons. The topological polar surface area (TPSA) is 125 Å². The third kappa shape index (κ3) is 11.8. The summed E-state index contributed by atoms with van der Waals surface area (Å²) in [6.45, 7) is 1.32. The van der Waals surface area contributed by atoms with E-state index in [9.17, 15) is 10.1 Å². The van der Waals surface area contributed by atoms with E-state index in [0.29, 0.717) is 24.9 Å². The lowest BCUT2D eigenvalue weighted by Gasteiger charge is -2.07. The minimum absolute atomic E-state index is 0.0805. The van der Waals surface area contributed by atoms with Gasteiger partial charge in [-0.2, -0.15) is 5.26 Å². The molecule has 34 heavy (non-hydrogen) atoms. The van der Waals surface area contributed by atoms with Crippen LogP contribution in [0.5, 0.6) is 5.75 Å². The summed E-state index contributed by atoms with van der Waals surface area (Å²) in [7, 11) is 0. The number of nitriles is 1. The molecule has 0 radical (unpaired) electrons. The molecular formula is C25H34N6O3. The first-order valence-corrected chi connectivity index (χ1v) is 11.9. The minimum atomic E-state index is -0.409. The van der Waals surface area contributed by atoms with E-state index in [1.54, 1.807) is 24.5 Å². The average Bonchev–Trinajstić information content (AvgIpc) is 2.85. The van der Waals surface area contributed by atoms with Crippen molar-refractivity contribution >= 4 is 17.3 Å². The van der Waals surface area contributed by atoms with Crippen LogP contribution in [-0.2, 0) is 0 Å². The van der Waals surface area contributed by atoms with Crippen molar-refractivity contribution in [2.45, 2.75) is 64.2 Å². The van der Waals surface area contributed by atoms with Crippen LogP contribution in [-0.4, -0.2) is 29.0 Å². The van der Waals surface area contributed by atoms with E-state index < -0.39 is 4.92 Å². The number of nitrogens with one attached hydrogen (secondary N) is 2. The molecule has 1 heterocycles. The highest BCUT2D eigenvalue weighted by Crippen LogP contribution is 2.18. The van der Waals surface area contributed by atoms with Crippen molar-refractivity contribution in [3.8, 4) is 11.9 Å². The van der Waals surface area contributed by atoms with Crippen LogP contribution >= 0.6 is 0 Å². The van der Waals surface area contributed by atoms with Gasteiger partial charge in [-0.3, -0.25) is 25.4 Å². The van der Waals surface area contributed by atoms with Gasteiger partial charge < -0.3 is 10.1 Å². The quantitative estimate of drug-likeness (QED) is 0.0608. The van der Waals surface area contributed by atoms with Gasteiger partial charge in [0, 0.05) is 24.9 Å². The van der Waals surface area contributed by atoms with Crippen LogP contribution in [0.15, 0.2) is 53.8 Å². The molecule has 1 aromatic carbocycles. The molecule has 0 atom stereocenters. The predicted molar refractivity (Wildman–Crippen MR) is 134 cm³/mol. The highest BCUT2D eigenvalue weighted by Gasteiger charge is 2.04. The number of nitro benzene ring substituents is 1. The summed E-state index contributed by atoms with van der Waals surface area (Å²) >= 11 is 0. The molecule has 0 aliphatic rings. The zero-order valence-corrected chi connectivity index (χ0v) is 19.6. The molecule has 9 nitrogen and oxygen atoms in total. The Bertz CT molecular complexity index is 897. The van der Waals surface area contributed by atoms with E-state index >= 15 is 0 Å². The maximum atomic E-state index is 10.6. The second kappa shape index (κ2) is 16.9. The van der Waals surface area contributed by atoms with Gasteiger partial charge in [-0.15, -0.1) is 0 Å². The number of nitrogens with zero attached hydrogens (tertiary/aromatic N) is 4. The molecule has 0 aliphatic heterocycles. The van der Waals surface area contributed by atoms with E-state index in [-0.39, 0.29) is 5.69 Å².